The number of thioether (sulfide) groups is 1. The first-order valence-electron chi connectivity index (χ1n) is 9.45. The zero-order valence-electron chi connectivity index (χ0n) is 16.6. The van der Waals surface area contributed by atoms with Gasteiger partial charge in [0, 0.05) is 16.5 Å². The summed E-state index contributed by atoms with van der Waals surface area (Å²) in [6.45, 7) is 1.86. The summed E-state index contributed by atoms with van der Waals surface area (Å²) in [6, 6.07) is 10.9. The Hall–Kier alpha value is -2.18. The molecule has 0 radical (unpaired) electrons. The highest BCUT2D eigenvalue weighted by atomic mass is 32.2. The van der Waals surface area contributed by atoms with Crippen molar-refractivity contribution in [2.24, 2.45) is 5.92 Å². The quantitative estimate of drug-likeness (QED) is 0.523. The van der Waals surface area contributed by atoms with Gasteiger partial charge < -0.3 is 9.64 Å². The van der Waals surface area contributed by atoms with Crippen LogP contribution in [-0.4, -0.2) is 55.0 Å². The van der Waals surface area contributed by atoms with E-state index in [1.807, 2.05) is 24.5 Å². The fourth-order valence-electron chi connectivity index (χ4n) is 3.48. The molecular formula is C22H26N2O3S. The number of hydrogen-bond donors (Lipinski definition) is 0. The van der Waals surface area contributed by atoms with E-state index in [9.17, 15) is 9.59 Å². The standard InChI is InChI=1S/C22H26N2O3S/c1-24-11-9-15(10-12-24)22(26)19-6-4-5-16(23-19)13-20(25)18-8-7-17(28-3)14-21(18)27-2/h4-8,14-15H,9-13H2,1-3H3. The Kier molecular flexibility index (Phi) is 6.86. The van der Waals surface area contributed by atoms with E-state index < -0.39 is 0 Å². The van der Waals surface area contributed by atoms with Gasteiger partial charge in [0.25, 0.3) is 0 Å². The number of pyridine rings is 1. The number of benzene rings is 1. The van der Waals surface area contributed by atoms with Gasteiger partial charge in [-0.3, -0.25) is 9.59 Å². The highest BCUT2D eigenvalue weighted by Gasteiger charge is 2.25. The summed E-state index contributed by atoms with van der Waals surface area (Å²) in [5.41, 5.74) is 1.61. The summed E-state index contributed by atoms with van der Waals surface area (Å²) < 4.78 is 5.38. The Morgan fingerprint density at radius 3 is 2.64 bits per heavy atom. The molecule has 0 saturated carbocycles. The predicted molar refractivity (Wildman–Crippen MR) is 112 cm³/mol. The summed E-state index contributed by atoms with van der Waals surface area (Å²) in [7, 11) is 3.64. The van der Waals surface area contributed by atoms with E-state index in [-0.39, 0.29) is 23.9 Å². The highest BCUT2D eigenvalue weighted by molar-refractivity contribution is 7.98. The van der Waals surface area contributed by atoms with E-state index in [2.05, 4.69) is 16.9 Å². The third-order valence-electron chi connectivity index (χ3n) is 5.20. The van der Waals surface area contributed by atoms with Crippen LogP contribution in [0.4, 0.5) is 0 Å². The molecule has 0 N–H and O–H groups in total. The Balaban J connectivity index is 1.74. The lowest BCUT2D eigenvalue weighted by molar-refractivity contribution is 0.0850. The van der Waals surface area contributed by atoms with Crippen LogP contribution in [0, 0.1) is 5.92 Å². The number of likely N-dealkylation sites (tertiary alicyclic amines) is 1. The van der Waals surface area contributed by atoms with Crippen LogP contribution in [0.1, 0.15) is 39.4 Å². The van der Waals surface area contributed by atoms with Crippen LogP contribution in [0.25, 0.3) is 0 Å². The van der Waals surface area contributed by atoms with Gasteiger partial charge in [0.2, 0.25) is 0 Å². The van der Waals surface area contributed by atoms with Crippen LogP contribution in [0.5, 0.6) is 5.75 Å². The monoisotopic (exact) mass is 398 g/mol. The van der Waals surface area contributed by atoms with Crippen LogP contribution in [-0.2, 0) is 6.42 Å². The smallest absolute Gasteiger partial charge is 0.184 e. The molecule has 1 aliphatic heterocycles. The van der Waals surface area contributed by atoms with E-state index >= 15 is 0 Å². The van der Waals surface area contributed by atoms with Crippen molar-refractivity contribution in [1.82, 2.24) is 9.88 Å². The van der Waals surface area contributed by atoms with Crippen LogP contribution in [0.2, 0.25) is 0 Å². The number of Topliss-reactive ketones (excluding diaryl/α,β-unsaturated/α-hetero) is 2. The number of nitrogens with zero attached hydrogens (tertiary/aromatic N) is 2. The molecule has 1 saturated heterocycles. The van der Waals surface area contributed by atoms with Gasteiger partial charge >= 0.3 is 0 Å². The van der Waals surface area contributed by atoms with Gasteiger partial charge in [-0.25, -0.2) is 4.98 Å². The first-order valence-corrected chi connectivity index (χ1v) is 10.7. The molecule has 2 heterocycles. The Morgan fingerprint density at radius 1 is 1.21 bits per heavy atom. The molecule has 3 rings (SSSR count). The number of rotatable bonds is 7. The molecule has 28 heavy (non-hydrogen) atoms. The van der Waals surface area contributed by atoms with Gasteiger partial charge in [-0.15, -0.1) is 11.8 Å². The molecule has 5 nitrogen and oxygen atoms in total. The maximum Gasteiger partial charge on any atom is 0.184 e. The zero-order valence-corrected chi connectivity index (χ0v) is 17.4. The van der Waals surface area contributed by atoms with Crippen molar-refractivity contribution in [1.29, 1.82) is 0 Å². The molecule has 1 aromatic heterocycles. The average molecular weight is 399 g/mol. The largest absolute Gasteiger partial charge is 0.496 e. The number of ketones is 2. The van der Waals surface area contributed by atoms with Crippen molar-refractivity contribution < 1.29 is 14.3 Å². The lowest BCUT2D eigenvalue weighted by Gasteiger charge is -2.27. The van der Waals surface area contributed by atoms with Crippen molar-refractivity contribution in [3.8, 4) is 5.75 Å². The first-order chi connectivity index (χ1) is 13.5. The minimum absolute atomic E-state index is 0.0221. The SMILES string of the molecule is COc1cc(SC)ccc1C(=O)Cc1cccc(C(=O)C2CCN(C)CC2)n1. The summed E-state index contributed by atoms with van der Waals surface area (Å²) in [6.07, 6.45) is 3.84. The zero-order chi connectivity index (χ0) is 20.1. The van der Waals surface area contributed by atoms with Crippen LogP contribution < -0.4 is 4.74 Å². The average Bonchev–Trinajstić information content (AvgIpc) is 2.73. The fourth-order valence-corrected chi connectivity index (χ4v) is 3.91. The molecule has 0 spiro atoms. The molecule has 0 unspecified atom stereocenters. The van der Waals surface area contributed by atoms with E-state index in [1.165, 1.54) is 0 Å². The van der Waals surface area contributed by atoms with Crippen molar-refractivity contribution in [2.75, 3.05) is 33.5 Å². The van der Waals surface area contributed by atoms with Gasteiger partial charge in [0.05, 0.1) is 19.1 Å². The molecule has 0 amide bonds. The highest BCUT2D eigenvalue weighted by Crippen LogP contribution is 2.26. The first kappa shape index (κ1) is 20.6. The molecule has 0 atom stereocenters. The lowest BCUT2D eigenvalue weighted by Crippen LogP contribution is -2.33. The molecule has 148 valence electrons. The normalized spacial score (nSPS) is 15.4. The van der Waals surface area contributed by atoms with Crippen LogP contribution in [0.3, 0.4) is 0 Å². The summed E-state index contributed by atoms with van der Waals surface area (Å²) in [5.74, 6) is 0.606. The number of piperidine rings is 1. The molecule has 1 aromatic carbocycles. The molecule has 0 bridgehead atoms. The fraction of sp³-hybridized carbons (Fsp3) is 0.409. The number of ether oxygens (including phenoxy) is 1. The van der Waals surface area contributed by atoms with Crippen LogP contribution >= 0.6 is 11.8 Å². The minimum Gasteiger partial charge on any atom is -0.496 e. The predicted octanol–water partition coefficient (Wildman–Crippen LogP) is 3.76. The Bertz CT molecular complexity index is 861. The maximum absolute atomic E-state index is 12.8. The second-order valence-electron chi connectivity index (χ2n) is 7.12. The summed E-state index contributed by atoms with van der Waals surface area (Å²) >= 11 is 1.60. The third-order valence-corrected chi connectivity index (χ3v) is 5.92. The van der Waals surface area contributed by atoms with Crippen molar-refractivity contribution in [3.63, 3.8) is 0 Å². The van der Waals surface area contributed by atoms with Crippen LogP contribution in [0.15, 0.2) is 41.3 Å². The van der Waals surface area contributed by atoms with E-state index in [4.69, 9.17) is 4.74 Å². The molecular weight excluding hydrogens is 372 g/mol. The number of aromatic nitrogens is 1. The molecule has 6 heteroatoms. The van der Waals surface area contributed by atoms with Gasteiger partial charge in [-0.2, -0.15) is 0 Å². The maximum atomic E-state index is 12.8. The minimum atomic E-state index is -0.0686. The number of carbonyl (C=O) groups is 2. The van der Waals surface area contributed by atoms with Gasteiger partial charge in [0.15, 0.2) is 11.6 Å². The van der Waals surface area contributed by atoms with E-state index in [0.717, 1.165) is 30.8 Å². The number of hydrogen-bond acceptors (Lipinski definition) is 6. The second-order valence-corrected chi connectivity index (χ2v) is 8.00. The topological polar surface area (TPSA) is 59.5 Å². The number of methoxy groups -OCH3 is 1. The molecule has 2 aromatic rings. The van der Waals surface area contributed by atoms with E-state index in [1.54, 1.807) is 37.1 Å². The van der Waals surface area contributed by atoms with Crippen molar-refractivity contribution >= 4 is 23.3 Å². The Morgan fingerprint density at radius 2 is 1.96 bits per heavy atom. The number of carbonyl (C=O) groups excluding carboxylic acids is 2. The Labute approximate surface area is 170 Å². The van der Waals surface area contributed by atoms with Gasteiger partial charge in [0.1, 0.15) is 11.4 Å². The van der Waals surface area contributed by atoms with Gasteiger partial charge in [-0.05, 0) is 69.6 Å². The summed E-state index contributed by atoms with van der Waals surface area (Å²) in [4.78, 5) is 33.4. The third kappa shape index (κ3) is 4.80. The molecule has 0 aliphatic carbocycles. The van der Waals surface area contributed by atoms with Crippen molar-refractivity contribution in [3.05, 3.63) is 53.3 Å². The molecule has 1 fully saturated rings. The summed E-state index contributed by atoms with van der Waals surface area (Å²) in [5, 5.41) is 0. The van der Waals surface area contributed by atoms with Gasteiger partial charge in [-0.1, -0.05) is 6.07 Å². The van der Waals surface area contributed by atoms with E-state index in [0.29, 0.717) is 22.7 Å². The lowest BCUT2D eigenvalue weighted by atomic mass is 9.91. The molecule has 1 aliphatic rings. The van der Waals surface area contributed by atoms with Crippen molar-refractivity contribution in [2.45, 2.75) is 24.2 Å². The second kappa shape index (κ2) is 9.34.